The van der Waals surface area contributed by atoms with E-state index in [1.807, 2.05) is 18.7 Å². The second kappa shape index (κ2) is 8.44. The first-order chi connectivity index (χ1) is 9.89. The minimum atomic E-state index is -0.580. The molecule has 1 rings (SSSR count). The molecule has 1 aromatic carbocycles. The Morgan fingerprint density at radius 1 is 1.29 bits per heavy atom. The van der Waals surface area contributed by atoms with Crippen LogP contribution in [0, 0.1) is 0 Å². The van der Waals surface area contributed by atoms with Crippen LogP contribution >= 0.6 is 11.8 Å². The van der Waals surface area contributed by atoms with Gasteiger partial charge in [0.1, 0.15) is 0 Å². The summed E-state index contributed by atoms with van der Waals surface area (Å²) >= 11 is 1.87. The Morgan fingerprint density at radius 2 is 1.90 bits per heavy atom. The quantitative estimate of drug-likeness (QED) is 0.542. The summed E-state index contributed by atoms with van der Waals surface area (Å²) in [4.78, 5) is 12.7. The molecule has 4 heteroatoms. The Balaban J connectivity index is 2.30. The molecule has 1 unspecified atom stereocenters. The molecular weight excluding hydrogens is 280 g/mol. The van der Waals surface area contributed by atoms with Gasteiger partial charge in [0.05, 0.1) is 5.54 Å². The van der Waals surface area contributed by atoms with Crippen LogP contribution in [-0.4, -0.2) is 24.2 Å². The number of likely N-dealkylation sites (N-methyl/N-ethyl adjacent to an activating group) is 1. The molecule has 21 heavy (non-hydrogen) atoms. The maximum atomic E-state index is 11.4. The molecule has 0 fully saturated rings. The molecule has 0 saturated carbocycles. The largest absolute Gasteiger partial charge is 0.368 e. The van der Waals surface area contributed by atoms with Crippen LogP contribution in [0.15, 0.2) is 29.2 Å². The van der Waals surface area contributed by atoms with Gasteiger partial charge in [-0.1, -0.05) is 32.4 Å². The molecule has 1 aromatic rings. The van der Waals surface area contributed by atoms with E-state index in [-0.39, 0.29) is 5.91 Å². The summed E-state index contributed by atoms with van der Waals surface area (Å²) in [6.07, 6.45) is 2.87. The van der Waals surface area contributed by atoms with Crippen LogP contribution in [-0.2, 0) is 4.79 Å². The minimum absolute atomic E-state index is 0.276. The fourth-order valence-electron chi connectivity index (χ4n) is 2.09. The summed E-state index contributed by atoms with van der Waals surface area (Å²) in [5.41, 5.74) is 6.22. The molecule has 0 saturated heterocycles. The second-order valence-electron chi connectivity index (χ2n) is 5.98. The molecule has 1 atom stereocenters. The smallest absolute Gasteiger partial charge is 0.237 e. The fourth-order valence-corrected chi connectivity index (χ4v) is 3.00. The average Bonchev–Trinajstić information content (AvgIpc) is 2.46. The highest BCUT2D eigenvalue weighted by molar-refractivity contribution is 7.99. The first-order valence-corrected chi connectivity index (χ1v) is 8.59. The standard InChI is InChI=1S/C17H28N2OS/c1-13(2)14-7-9-15(10-8-14)21-12-6-5-11-17(3,19-4)16(18)20/h7-10,13,19H,5-6,11-12H2,1-4H3,(H2,18,20). The van der Waals surface area contributed by atoms with Crippen LogP contribution in [0.4, 0.5) is 0 Å². The SMILES string of the molecule is CNC(C)(CCCCSc1ccc(C(C)C)cc1)C(N)=O. The predicted molar refractivity (Wildman–Crippen MR) is 91.8 cm³/mol. The number of unbranched alkanes of at least 4 members (excludes halogenated alkanes) is 1. The third kappa shape index (κ3) is 5.71. The monoisotopic (exact) mass is 308 g/mol. The number of thioether (sulfide) groups is 1. The first kappa shape index (κ1) is 18.1. The zero-order valence-electron chi connectivity index (χ0n) is 13.6. The van der Waals surface area contributed by atoms with Crippen LogP contribution in [0.5, 0.6) is 0 Å². The van der Waals surface area contributed by atoms with E-state index in [1.165, 1.54) is 10.5 Å². The molecule has 0 heterocycles. The highest BCUT2D eigenvalue weighted by Crippen LogP contribution is 2.23. The van der Waals surface area contributed by atoms with Gasteiger partial charge in [0.25, 0.3) is 0 Å². The van der Waals surface area contributed by atoms with Crippen LogP contribution in [0.3, 0.4) is 0 Å². The zero-order valence-corrected chi connectivity index (χ0v) is 14.4. The number of benzene rings is 1. The van der Waals surface area contributed by atoms with Gasteiger partial charge in [-0.2, -0.15) is 0 Å². The molecule has 0 aliphatic heterocycles. The van der Waals surface area contributed by atoms with Crippen molar-refractivity contribution < 1.29 is 4.79 Å². The number of carbonyl (C=O) groups is 1. The average molecular weight is 308 g/mol. The zero-order chi connectivity index (χ0) is 15.9. The topological polar surface area (TPSA) is 55.1 Å². The van der Waals surface area contributed by atoms with Crippen LogP contribution in [0.1, 0.15) is 51.5 Å². The Morgan fingerprint density at radius 3 is 2.38 bits per heavy atom. The summed E-state index contributed by atoms with van der Waals surface area (Å²) in [6.45, 7) is 6.28. The van der Waals surface area contributed by atoms with Crippen molar-refractivity contribution in [3.63, 3.8) is 0 Å². The van der Waals surface area contributed by atoms with Crippen molar-refractivity contribution in [3.05, 3.63) is 29.8 Å². The molecule has 1 amide bonds. The number of carbonyl (C=O) groups excluding carboxylic acids is 1. The summed E-state index contributed by atoms with van der Waals surface area (Å²) in [6, 6.07) is 8.80. The lowest BCUT2D eigenvalue weighted by atomic mass is 9.94. The molecule has 3 N–H and O–H groups in total. The maximum absolute atomic E-state index is 11.4. The van der Waals surface area contributed by atoms with Gasteiger partial charge in [0.2, 0.25) is 5.91 Å². The van der Waals surface area contributed by atoms with Crippen molar-refractivity contribution in [1.29, 1.82) is 0 Å². The van der Waals surface area contributed by atoms with Crippen molar-refractivity contribution >= 4 is 17.7 Å². The number of hydrogen-bond acceptors (Lipinski definition) is 3. The Hall–Kier alpha value is -1.00. The molecular formula is C17H28N2OS. The van der Waals surface area contributed by atoms with Crippen LogP contribution < -0.4 is 11.1 Å². The van der Waals surface area contributed by atoms with E-state index < -0.39 is 5.54 Å². The number of amides is 1. The number of nitrogens with one attached hydrogen (secondary N) is 1. The van der Waals surface area contributed by atoms with Crippen molar-refractivity contribution in [1.82, 2.24) is 5.32 Å². The number of primary amides is 1. The fraction of sp³-hybridized carbons (Fsp3) is 0.588. The number of hydrogen-bond donors (Lipinski definition) is 2. The van der Waals surface area contributed by atoms with E-state index in [0.29, 0.717) is 5.92 Å². The van der Waals surface area contributed by atoms with Gasteiger partial charge in [-0.3, -0.25) is 4.79 Å². The third-order valence-electron chi connectivity index (χ3n) is 3.98. The van der Waals surface area contributed by atoms with Gasteiger partial charge in [0.15, 0.2) is 0 Å². The van der Waals surface area contributed by atoms with Gasteiger partial charge < -0.3 is 11.1 Å². The lowest BCUT2D eigenvalue weighted by molar-refractivity contribution is -0.123. The molecule has 0 spiro atoms. The minimum Gasteiger partial charge on any atom is -0.368 e. The molecule has 3 nitrogen and oxygen atoms in total. The molecule has 0 aliphatic carbocycles. The van der Waals surface area contributed by atoms with Crippen molar-refractivity contribution in [3.8, 4) is 0 Å². The Labute approximate surface area is 133 Å². The van der Waals surface area contributed by atoms with E-state index in [1.54, 1.807) is 7.05 Å². The normalized spacial score (nSPS) is 14.1. The van der Waals surface area contributed by atoms with E-state index >= 15 is 0 Å². The molecule has 0 bridgehead atoms. The van der Waals surface area contributed by atoms with Crippen molar-refractivity contribution in [2.45, 2.75) is 56.4 Å². The van der Waals surface area contributed by atoms with Gasteiger partial charge >= 0.3 is 0 Å². The van der Waals surface area contributed by atoms with Gasteiger partial charge in [-0.05, 0) is 56.2 Å². The molecule has 118 valence electrons. The molecule has 0 radical (unpaired) electrons. The van der Waals surface area contributed by atoms with E-state index in [2.05, 4.69) is 43.4 Å². The number of nitrogens with two attached hydrogens (primary N) is 1. The highest BCUT2D eigenvalue weighted by atomic mass is 32.2. The lowest BCUT2D eigenvalue weighted by Gasteiger charge is -2.25. The number of rotatable bonds is 9. The van der Waals surface area contributed by atoms with E-state index in [9.17, 15) is 4.79 Å². The van der Waals surface area contributed by atoms with Crippen LogP contribution in [0.2, 0.25) is 0 Å². The van der Waals surface area contributed by atoms with Crippen LogP contribution in [0.25, 0.3) is 0 Å². The Bertz CT molecular complexity index is 445. The maximum Gasteiger partial charge on any atom is 0.237 e. The first-order valence-electron chi connectivity index (χ1n) is 7.60. The summed E-state index contributed by atoms with van der Waals surface area (Å²) in [7, 11) is 1.79. The van der Waals surface area contributed by atoms with Gasteiger partial charge in [-0.15, -0.1) is 11.8 Å². The Kier molecular flexibility index (Phi) is 7.26. The van der Waals surface area contributed by atoms with Crippen molar-refractivity contribution in [2.24, 2.45) is 5.73 Å². The third-order valence-corrected chi connectivity index (χ3v) is 5.08. The molecule has 0 aliphatic rings. The van der Waals surface area contributed by atoms with E-state index in [0.717, 1.165) is 25.0 Å². The predicted octanol–water partition coefficient (Wildman–Crippen LogP) is 3.54. The van der Waals surface area contributed by atoms with E-state index in [4.69, 9.17) is 5.73 Å². The summed E-state index contributed by atoms with van der Waals surface area (Å²) in [5, 5.41) is 3.02. The lowest BCUT2D eigenvalue weighted by Crippen LogP contribution is -2.51. The molecule has 0 aromatic heterocycles. The second-order valence-corrected chi connectivity index (χ2v) is 7.14. The summed E-state index contributed by atoms with van der Waals surface area (Å²) < 4.78 is 0. The van der Waals surface area contributed by atoms with Crippen molar-refractivity contribution in [2.75, 3.05) is 12.8 Å². The van der Waals surface area contributed by atoms with Gasteiger partial charge in [0, 0.05) is 4.90 Å². The highest BCUT2D eigenvalue weighted by Gasteiger charge is 2.27. The summed E-state index contributed by atoms with van der Waals surface area (Å²) in [5.74, 6) is 1.37. The van der Waals surface area contributed by atoms with Gasteiger partial charge in [-0.25, -0.2) is 0 Å².